The molecule has 0 atom stereocenters. The standard InChI is InChI=1S/C18H20N2O6S/c1-4-24-15-8-6-13(10-17(15)27(22,23)20(2)3)19-18(21)12-5-7-14-16(9-12)26-11-25-14/h5-10H,4,11H2,1-3H3,(H,19,21). The summed E-state index contributed by atoms with van der Waals surface area (Å²) in [5.74, 6) is 0.898. The van der Waals surface area contributed by atoms with Crippen LogP contribution >= 0.6 is 0 Å². The molecule has 144 valence electrons. The maximum atomic E-state index is 12.6. The fraction of sp³-hybridized carbons (Fsp3) is 0.278. The van der Waals surface area contributed by atoms with Crippen LogP contribution in [0.15, 0.2) is 41.3 Å². The number of hydrogen-bond acceptors (Lipinski definition) is 6. The van der Waals surface area contributed by atoms with E-state index in [1.165, 1.54) is 26.2 Å². The van der Waals surface area contributed by atoms with E-state index in [0.29, 0.717) is 29.4 Å². The molecule has 0 bridgehead atoms. The number of carbonyl (C=O) groups excluding carboxylic acids is 1. The monoisotopic (exact) mass is 392 g/mol. The first-order valence-corrected chi connectivity index (χ1v) is 9.67. The second-order valence-electron chi connectivity index (χ2n) is 5.90. The molecule has 0 saturated heterocycles. The van der Waals surface area contributed by atoms with E-state index in [1.54, 1.807) is 31.2 Å². The highest BCUT2D eigenvalue weighted by atomic mass is 32.2. The predicted octanol–water partition coefficient (Wildman–Crippen LogP) is 2.32. The van der Waals surface area contributed by atoms with E-state index in [-0.39, 0.29) is 17.4 Å². The van der Waals surface area contributed by atoms with Crippen LogP contribution in [-0.4, -0.2) is 46.1 Å². The Hall–Kier alpha value is -2.78. The van der Waals surface area contributed by atoms with Crippen molar-refractivity contribution in [3.63, 3.8) is 0 Å². The molecular weight excluding hydrogens is 372 g/mol. The van der Waals surface area contributed by atoms with Gasteiger partial charge in [0.2, 0.25) is 16.8 Å². The molecule has 0 unspecified atom stereocenters. The van der Waals surface area contributed by atoms with Crippen molar-refractivity contribution in [3.8, 4) is 17.2 Å². The Bertz CT molecular complexity index is 972. The van der Waals surface area contributed by atoms with Gasteiger partial charge in [-0.15, -0.1) is 0 Å². The van der Waals surface area contributed by atoms with E-state index < -0.39 is 15.9 Å². The zero-order valence-electron chi connectivity index (χ0n) is 15.2. The van der Waals surface area contributed by atoms with E-state index >= 15 is 0 Å². The van der Waals surface area contributed by atoms with Crippen molar-refractivity contribution >= 4 is 21.6 Å². The topological polar surface area (TPSA) is 94.2 Å². The number of carbonyl (C=O) groups is 1. The Kier molecular flexibility index (Phi) is 5.24. The first-order chi connectivity index (χ1) is 12.8. The lowest BCUT2D eigenvalue weighted by molar-refractivity contribution is 0.102. The lowest BCUT2D eigenvalue weighted by Crippen LogP contribution is -2.23. The molecule has 1 amide bonds. The van der Waals surface area contributed by atoms with Crippen LogP contribution in [0.1, 0.15) is 17.3 Å². The van der Waals surface area contributed by atoms with Crippen LogP contribution in [0, 0.1) is 0 Å². The van der Waals surface area contributed by atoms with Gasteiger partial charge in [0.1, 0.15) is 10.6 Å². The number of fused-ring (bicyclic) bond motifs is 1. The molecule has 0 saturated carbocycles. The summed E-state index contributed by atoms with van der Waals surface area (Å²) in [5.41, 5.74) is 0.701. The van der Waals surface area contributed by atoms with Gasteiger partial charge in [-0.2, -0.15) is 0 Å². The second-order valence-corrected chi connectivity index (χ2v) is 8.02. The van der Waals surface area contributed by atoms with Crippen LogP contribution in [-0.2, 0) is 10.0 Å². The number of benzene rings is 2. The van der Waals surface area contributed by atoms with Crippen LogP contribution in [0.3, 0.4) is 0 Å². The van der Waals surface area contributed by atoms with Crippen LogP contribution in [0.25, 0.3) is 0 Å². The van der Waals surface area contributed by atoms with Gasteiger partial charge in [0.15, 0.2) is 11.5 Å². The molecule has 27 heavy (non-hydrogen) atoms. The van der Waals surface area contributed by atoms with Crippen LogP contribution in [0.4, 0.5) is 5.69 Å². The number of nitrogens with one attached hydrogen (secondary N) is 1. The molecule has 0 fully saturated rings. The average molecular weight is 392 g/mol. The molecule has 0 aliphatic carbocycles. The quantitative estimate of drug-likeness (QED) is 0.811. The molecular formula is C18H20N2O6S. The summed E-state index contributed by atoms with van der Waals surface area (Å²) in [6.07, 6.45) is 0. The zero-order valence-corrected chi connectivity index (χ0v) is 16.0. The number of sulfonamides is 1. The Morgan fingerprint density at radius 3 is 2.59 bits per heavy atom. The number of anilines is 1. The molecule has 3 rings (SSSR count). The fourth-order valence-corrected chi connectivity index (χ4v) is 3.55. The third-order valence-electron chi connectivity index (χ3n) is 3.89. The highest BCUT2D eigenvalue weighted by molar-refractivity contribution is 7.89. The van der Waals surface area contributed by atoms with Crippen molar-refractivity contribution < 1.29 is 27.4 Å². The lowest BCUT2D eigenvalue weighted by Gasteiger charge is -2.16. The Labute approximate surface area is 157 Å². The van der Waals surface area contributed by atoms with Crippen LogP contribution in [0.2, 0.25) is 0 Å². The van der Waals surface area contributed by atoms with Crippen molar-refractivity contribution in [2.24, 2.45) is 0 Å². The first-order valence-electron chi connectivity index (χ1n) is 8.23. The summed E-state index contributed by atoms with van der Waals surface area (Å²) in [5, 5.41) is 2.70. The molecule has 2 aromatic rings. The molecule has 0 spiro atoms. The maximum absolute atomic E-state index is 12.6. The van der Waals surface area contributed by atoms with Crippen LogP contribution in [0.5, 0.6) is 17.2 Å². The molecule has 0 aromatic heterocycles. The van der Waals surface area contributed by atoms with E-state index in [0.717, 1.165) is 4.31 Å². The van der Waals surface area contributed by atoms with E-state index in [9.17, 15) is 13.2 Å². The van der Waals surface area contributed by atoms with E-state index in [1.807, 2.05) is 0 Å². The minimum Gasteiger partial charge on any atom is -0.492 e. The van der Waals surface area contributed by atoms with Gasteiger partial charge in [-0.1, -0.05) is 0 Å². The third kappa shape index (κ3) is 3.83. The second kappa shape index (κ2) is 7.45. The Balaban J connectivity index is 1.90. The summed E-state index contributed by atoms with van der Waals surface area (Å²) < 4.78 is 42.1. The van der Waals surface area contributed by atoms with Gasteiger partial charge in [0.25, 0.3) is 5.91 Å². The highest BCUT2D eigenvalue weighted by Gasteiger charge is 2.23. The number of rotatable bonds is 6. The zero-order chi connectivity index (χ0) is 19.6. The van der Waals surface area contributed by atoms with Crippen molar-refractivity contribution in [2.75, 3.05) is 32.8 Å². The molecule has 1 aliphatic rings. The molecule has 1 aliphatic heterocycles. The Morgan fingerprint density at radius 1 is 1.15 bits per heavy atom. The van der Waals surface area contributed by atoms with Gasteiger partial charge in [-0.25, -0.2) is 12.7 Å². The molecule has 8 nitrogen and oxygen atoms in total. The third-order valence-corrected chi connectivity index (χ3v) is 5.73. The van der Waals surface area contributed by atoms with Crippen molar-refractivity contribution in [3.05, 3.63) is 42.0 Å². The SMILES string of the molecule is CCOc1ccc(NC(=O)c2ccc3c(c2)OCO3)cc1S(=O)(=O)N(C)C. The lowest BCUT2D eigenvalue weighted by atomic mass is 10.2. The Morgan fingerprint density at radius 2 is 1.89 bits per heavy atom. The summed E-state index contributed by atoms with van der Waals surface area (Å²) in [4.78, 5) is 12.5. The minimum absolute atomic E-state index is 0.0159. The maximum Gasteiger partial charge on any atom is 0.255 e. The normalized spacial score (nSPS) is 12.9. The van der Waals surface area contributed by atoms with E-state index in [4.69, 9.17) is 14.2 Å². The number of amides is 1. The molecule has 1 N–H and O–H groups in total. The van der Waals surface area contributed by atoms with Gasteiger partial charge in [0.05, 0.1) is 6.61 Å². The van der Waals surface area contributed by atoms with Gasteiger partial charge in [-0.3, -0.25) is 4.79 Å². The fourth-order valence-electron chi connectivity index (χ4n) is 2.50. The number of nitrogens with zero attached hydrogens (tertiary/aromatic N) is 1. The average Bonchev–Trinajstić information content (AvgIpc) is 3.10. The van der Waals surface area contributed by atoms with Gasteiger partial charge >= 0.3 is 0 Å². The van der Waals surface area contributed by atoms with E-state index in [2.05, 4.69) is 5.32 Å². The molecule has 1 heterocycles. The predicted molar refractivity (Wildman–Crippen MR) is 99.0 cm³/mol. The summed E-state index contributed by atoms with van der Waals surface area (Å²) in [6, 6.07) is 9.32. The number of hydrogen-bond donors (Lipinski definition) is 1. The van der Waals surface area contributed by atoms with Gasteiger partial charge in [0, 0.05) is 25.3 Å². The largest absolute Gasteiger partial charge is 0.492 e. The smallest absolute Gasteiger partial charge is 0.255 e. The highest BCUT2D eigenvalue weighted by Crippen LogP contribution is 2.33. The molecule has 9 heteroatoms. The van der Waals surface area contributed by atoms with Gasteiger partial charge < -0.3 is 19.5 Å². The number of ether oxygens (including phenoxy) is 3. The van der Waals surface area contributed by atoms with Crippen molar-refractivity contribution in [2.45, 2.75) is 11.8 Å². The molecule has 0 radical (unpaired) electrons. The van der Waals surface area contributed by atoms with Crippen molar-refractivity contribution in [1.82, 2.24) is 4.31 Å². The molecule has 2 aromatic carbocycles. The summed E-state index contributed by atoms with van der Waals surface area (Å²) in [7, 11) is -0.873. The van der Waals surface area contributed by atoms with Gasteiger partial charge in [-0.05, 0) is 43.3 Å². The van der Waals surface area contributed by atoms with Crippen LogP contribution < -0.4 is 19.5 Å². The summed E-state index contributed by atoms with van der Waals surface area (Å²) >= 11 is 0. The minimum atomic E-state index is -3.74. The van der Waals surface area contributed by atoms with Crippen molar-refractivity contribution in [1.29, 1.82) is 0 Å². The summed E-state index contributed by atoms with van der Waals surface area (Å²) in [6.45, 7) is 2.20. The first kappa shape index (κ1) is 19.0.